The van der Waals surface area contributed by atoms with Gasteiger partial charge in [0.25, 0.3) is 5.91 Å². The quantitative estimate of drug-likeness (QED) is 0.863. The standard InChI is InChI=1S/C19H21NO3/c1-13-7-6-10-16(11-13)18(21)20-15(3)19(22)23-12-17-9-5-4-8-14(17)2/h4-11,15H,12H2,1-3H3,(H,20,21)/t15-/m1/s1. The van der Waals surface area contributed by atoms with E-state index < -0.39 is 12.0 Å². The summed E-state index contributed by atoms with van der Waals surface area (Å²) < 4.78 is 5.28. The molecule has 2 rings (SSSR count). The Labute approximate surface area is 136 Å². The molecule has 0 aliphatic heterocycles. The maximum Gasteiger partial charge on any atom is 0.328 e. The van der Waals surface area contributed by atoms with Crippen molar-refractivity contribution >= 4 is 11.9 Å². The van der Waals surface area contributed by atoms with E-state index in [1.807, 2.05) is 50.2 Å². The molecular weight excluding hydrogens is 290 g/mol. The molecule has 0 heterocycles. The van der Waals surface area contributed by atoms with Gasteiger partial charge in [0, 0.05) is 5.56 Å². The van der Waals surface area contributed by atoms with Crippen molar-refractivity contribution in [1.82, 2.24) is 5.32 Å². The van der Waals surface area contributed by atoms with Gasteiger partial charge in [0.2, 0.25) is 0 Å². The largest absolute Gasteiger partial charge is 0.459 e. The Bertz CT molecular complexity index is 709. The molecule has 1 N–H and O–H groups in total. The van der Waals surface area contributed by atoms with Gasteiger partial charge in [0.05, 0.1) is 0 Å². The number of hydrogen-bond acceptors (Lipinski definition) is 3. The summed E-state index contributed by atoms with van der Waals surface area (Å²) in [6, 6.07) is 14.2. The first-order chi connectivity index (χ1) is 11.0. The Balaban J connectivity index is 1.90. The smallest absolute Gasteiger partial charge is 0.328 e. The first kappa shape index (κ1) is 16.7. The predicted molar refractivity (Wildman–Crippen MR) is 89.1 cm³/mol. The second-order valence-corrected chi connectivity index (χ2v) is 5.60. The predicted octanol–water partition coefficient (Wildman–Crippen LogP) is 3.17. The summed E-state index contributed by atoms with van der Waals surface area (Å²) in [5.74, 6) is -0.733. The molecule has 120 valence electrons. The third kappa shape index (κ3) is 4.68. The van der Waals surface area contributed by atoms with Crippen LogP contribution in [0.5, 0.6) is 0 Å². The van der Waals surface area contributed by atoms with Gasteiger partial charge in [-0.2, -0.15) is 0 Å². The minimum absolute atomic E-state index is 0.205. The fraction of sp³-hybridized carbons (Fsp3) is 0.263. The maximum atomic E-state index is 12.1. The zero-order chi connectivity index (χ0) is 16.8. The number of benzene rings is 2. The summed E-state index contributed by atoms with van der Waals surface area (Å²) in [7, 11) is 0. The molecule has 0 bridgehead atoms. The zero-order valence-corrected chi connectivity index (χ0v) is 13.6. The number of amides is 1. The monoisotopic (exact) mass is 311 g/mol. The van der Waals surface area contributed by atoms with E-state index in [0.717, 1.165) is 16.7 Å². The highest BCUT2D eigenvalue weighted by Gasteiger charge is 2.18. The van der Waals surface area contributed by atoms with Crippen LogP contribution in [-0.2, 0) is 16.1 Å². The molecule has 0 aliphatic rings. The van der Waals surface area contributed by atoms with Gasteiger partial charge < -0.3 is 10.1 Å². The number of rotatable bonds is 5. The highest BCUT2D eigenvalue weighted by Crippen LogP contribution is 2.09. The van der Waals surface area contributed by atoms with E-state index >= 15 is 0 Å². The van der Waals surface area contributed by atoms with E-state index in [9.17, 15) is 9.59 Å². The summed E-state index contributed by atoms with van der Waals surface area (Å²) in [5.41, 5.74) is 3.55. The van der Waals surface area contributed by atoms with Crippen LogP contribution >= 0.6 is 0 Å². The average Bonchev–Trinajstić information content (AvgIpc) is 2.53. The van der Waals surface area contributed by atoms with Crippen molar-refractivity contribution in [3.05, 3.63) is 70.8 Å². The molecule has 0 aromatic heterocycles. The molecule has 4 heteroatoms. The Morgan fingerprint density at radius 2 is 1.83 bits per heavy atom. The van der Waals surface area contributed by atoms with Crippen LogP contribution in [0.2, 0.25) is 0 Å². The number of nitrogens with one attached hydrogen (secondary N) is 1. The van der Waals surface area contributed by atoms with E-state index in [0.29, 0.717) is 5.56 Å². The van der Waals surface area contributed by atoms with Crippen molar-refractivity contribution in [3.63, 3.8) is 0 Å². The second-order valence-electron chi connectivity index (χ2n) is 5.60. The molecule has 0 aliphatic carbocycles. The molecule has 0 fully saturated rings. The van der Waals surface area contributed by atoms with Crippen molar-refractivity contribution in [2.45, 2.75) is 33.4 Å². The molecule has 1 atom stereocenters. The lowest BCUT2D eigenvalue weighted by Gasteiger charge is -2.14. The highest BCUT2D eigenvalue weighted by molar-refractivity contribution is 5.96. The topological polar surface area (TPSA) is 55.4 Å². The number of ether oxygens (including phenoxy) is 1. The van der Waals surface area contributed by atoms with Crippen molar-refractivity contribution in [3.8, 4) is 0 Å². The van der Waals surface area contributed by atoms with Gasteiger partial charge in [-0.3, -0.25) is 4.79 Å². The van der Waals surface area contributed by atoms with E-state index in [1.165, 1.54) is 0 Å². The summed E-state index contributed by atoms with van der Waals surface area (Å²) in [6.45, 7) is 5.70. The van der Waals surface area contributed by atoms with Gasteiger partial charge in [-0.25, -0.2) is 4.79 Å². The molecule has 1 amide bonds. The Hall–Kier alpha value is -2.62. The fourth-order valence-corrected chi connectivity index (χ4v) is 2.17. The molecule has 0 saturated heterocycles. The lowest BCUT2D eigenvalue weighted by molar-refractivity contribution is -0.146. The summed E-state index contributed by atoms with van der Waals surface area (Å²) in [6.07, 6.45) is 0. The van der Waals surface area contributed by atoms with Crippen molar-refractivity contribution in [2.75, 3.05) is 0 Å². The van der Waals surface area contributed by atoms with Crippen LogP contribution in [0.4, 0.5) is 0 Å². The molecule has 2 aromatic carbocycles. The van der Waals surface area contributed by atoms with Gasteiger partial charge in [-0.15, -0.1) is 0 Å². The number of carbonyl (C=O) groups is 2. The molecule has 23 heavy (non-hydrogen) atoms. The third-order valence-corrected chi connectivity index (χ3v) is 3.61. The fourth-order valence-electron chi connectivity index (χ4n) is 2.17. The van der Waals surface area contributed by atoms with Gasteiger partial charge in [0.1, 0.15) is 12.6 Å². The van der Waals surface area contributed by atoms with Gasteiger partial charge in [0.15, 0.2) is 0 Å². The average molecular weight is 311 g/mol. The van der Waals surface area contributed by atoms with Crippen LogP contribution in [0, 0.1) is 13.8 Å². The number of esters is 1. The van der Waals surface area contributed by atoms with Crippen molar-refractivity contribution in [2.24, 2.45) is 0 Å². The van der Waals surface area contributed by atoms with Gasteiger partial charge >= 0.3 is 5.97 Å². The molecule has 0 saturated carbocycles. The minimum atomic E-state index is -0.702. The van der Waals surface area contributed by atoms with Gasteiger partial charge in [-0.1, -0.05) is 42.0 Å². The van der Waals surface area contributed by atoms with Crippen molar-refractivity contribution in [1.29, 1.82) is 0 Å². The molecular formula is C19H21NO3. The van der Waals surface area contributed by atoms with Crippen LogP contribution in [0.15, 0.2) is 48.5 Å². The van der Waals surface area contributed by atoms with Crippen molar-refractivity contribution < 1.29 is 14.3 Å². The Morgan fingerprint density at radius 1 is 1.09 bits per heavy atom. The first-order valence-corrected chi connectivity index (χ1v) is 7.56. The van der Waals surface area contributed by atoms with Crippen LogP contribution in [0.3, 0.4) is 0 Å². The van der Waals surface area contributed by atoms with Crippen LogP contribution in [0.1, 0.15) is 34.0 Å². The first-order valence-electron chi connectivity index (χ1n) is 7.56. The Kier molecular flexibility index (Phi) is 5.52. The molecule has 0 radical (unpaired) electrons. The summed E-state index contributed by atoms with van der Waals surface area (Å²) in [4.78, 5) is 24.1. The Morgan fingerprint density at radius 3 is 2.52 bits per heavy atom. The third-order valence-electron chi connectivity index (χ3n) is 3.61. The molecule has 0 unspecified atom stereocenters. The summed E-state index contributed by atoms with van der Waals surface area (Å²) >= 11 is 0. The SMILES string of the molecule is Cc1cccc(C(=O)N[C@H](C)C(=O)OCc2ccccc2C)c1. The maximum absolute atomic E-state index is 12.1. The lowest BCUT2D eigenvalue weighted by atomic mass is 10.1. The normalized spacial score (nSPS) is 11.6. The van der Waals surface area contributed by atoms with E-state index in [-0.39, 0.29) is 12.5 Å². The highest BCUT2D eigenvalue weighted by atomic mass is 16.5. The van der Waals surface area contributed by atoms with Crippen LogP contribution < -0.4 is 5.32 Å². The van der Waals surface area contributed by atoms with Crippen LogP contribution in [0.25, 0.3) is 0 Å². The van der Waals surface area contributed by atoms with E-state index in [4.69, 9.17) is 4.74 Å². The van der Waals surface area contributed by atoms with Gasteiger partial charge in [-0.05, 0) is 44.0 Å². The van der Waals surface area contributed by atoms with Crippen LogP contribution in [-0.4, -0.2) is 17.9 Å². The second kappa shape index (κ2) is 7.58. The lowest BCUT2D eigenvalue weighted by Crippen LogP contribution is -2.39. The number of carbonyl (C=O) groups excluding carboxylic acids is 2. The molecule has 2 aromatic rings. The summed E-state index contributed by atoms with van der Waals surface area (Å²) in [5, 5.41) is 2.66. The van der Waals surface area contributed by atoms with E-state index in [2.05, 4.69) is 5.32 Å². The molecule has 0 spiro atoms. The minimum Gasteiger partial charge on any atom is -0.459 e. The number of hydrogen-bond donors (Lipinski definition) is 1. The molecule has 4 nitrogen and oxygen atoms in total. The zero-order valence-electron chi connectivity index (χ0n) is 13.6. The number of aryl methyl sites for hydroxylation is 2. The van der Waals surface area contributed by atoms with E-state index in [1.54, 1.807) is 19.1 Å².